The molecule has 0 heterocycles. The molecule has 0 fully saturated rings. The molecule has 0 saturated heterocycles. The largest absolute Gasteiger partial charge is 0.392 e. The zero-order chi connectivity index (χ0) is 13.1. The molecule has 0 bridgehead atoms. The van der Waals surface area contributed by atoms with Crippen LogP contribution < -0.4 is 5.32 Å². The molecule has 0 saturated carbocycles. The molecule has 2 nitrogen and oxygen atoms in total. The number of benzene rings is 1. The van der Waals surface area contributed by atoms with E-state index in [2.05, 4.69) is 30.4 Å². The number of aliphatic hydroxyl groups excluding tert-OH is 1. The van der Waals surface area contributed by atoms with Crippen molar-refractivity contribution < 1.29 is 5.11 Å². The Labute approximate surface area is 110 Å². The van der Waals surface area contributed by atoms with Crippen LogP contribution in [0.15, 0.2) is 18.2 Å². The lowest BCUT2D eigenvalue weighted by Crippen LogP contribution is -2.32. The van der Waals surface area contributed by atoms with Crippen LogP contribution in [0, 0.1) is 5.92 Å². The average molecular weight is 247 g/mol. The van der Waals surface area contributed by atoms with Crippen molar-refractivity contribution in [2.45, 2.75) is 52.2 Å². The number of aryl methyl sites for hydroxylation is 2. The molecule has 2 N–H and O–H groups in total. The van der Waals surface area contributed by atoms with Crippen LogP contribution >= 0.6 is 0 Å². The van der Waals surface area contributed by atoms with Gasteiger partial charge in [-0.1, -0.05) is 32.0 Å². The minimum Gasteiger partial charge on any atom is -0.392 e. The molecule has 2 unspecified atom stereocenters. The number of rotatable bonds is 5. The van der Waals surface area contributed by atoms with Gasteiger partial charge in [-0.3, -0.25) is 0 Å². The van der Waals surface area contributed by atoms with E-state index >= 15 is 0 Å². The summed E-state index contributed by atoms with van der Waals surface area (Å²) in [4.78, 5) is 0. The molecule has 18 heavy (non-hydrogen) atoms. The third kappa shape index (κ3) is 3.12. The van der Waals surface area contributed by atoms with Gasteiger partial charge in [0.2, 0.25) is 0 Å². The number of hydrogen-bond acceptors (Lipinski definition) is 2. The second kappa shape index (κ2) is 5.85. The van der Waals surface area contributed by atoms with E-state index in [4.69, 9.17) is 0 Å². The molecule has 2 rings (SSSR count). The summed E-state index contributed by atoms with van der Waals surface area (Å²) in [6.45, 7) is 6.93. The molecule has 1 aliphatic carbocycles. The van der Waals surface area contributed by atoms with Crippen molar-refractivity contribution >= 4 is 0 Å². The first-order chi connectivity index (χ1) is 8.58. The molecule has 0 radical (unpaired) electrons. The summed E-state index contributed by atoms with van der Waals surface area (Å²) < 4.78 is 0. The molecule has 100 valence electrons. The smallest absolute Gasteiger partial charge is 0.0687 e. The second-order valence-electron chi connectivity index (χ2n) is 5.82. The lowest BCUT2D eigenvalue weighted by atomic mass is 10.0. The lowest BCUT2D eigenvalue weighted by molar-refractivity contribution is 0.120. The number of fused-ring (bicyclic) bond motifs is 1. The van der Waals surface area contributed by atoms with Gasteiger partial charge in [-0.05, 0) is 48.8 Å². The monoisotopic (exact) mass is 247 g/mol. The Morgan fingerprint density at radius 1 is 1.17 bits per heavy atom. The minimum atomic E-state index is -0.262. The molecule has 0 spiro atoms. The van der Waals surface area contributed by atoms with Gasteiger partial charge in [-0.2, -0.15) is 0 Å². The molecule has 0 aliphatic heterocycles. The van der Waals surface area contributed by atoms with E-state index in [1.54, 1.807) is 0 Å². The summed E-state index contributed by atoms with van der Waals surface area (Å²) in [5.74, 6) is 0.310. The van der Waals surface area contributed by atoms with Crippen molar-refractivity contribution in [1.82, 2.24) is 5.32 Å². The van der Waals surface area contributed by atoms with Crippen LogP contribution in [0.2, 0.25) is 0 Å². The van der Waals surface area contributed by atoms with Gasteiger partial charge in [0.05, 0.1) is 6.10 Å². The fraction of sp³-hybridized carbons (Fsp3) is 0.625. The van der Waals surface area contributed by atoms with Gasteiger partial charge >= 0.3 is 0 Å². The zero-order valence-corrected chi connectivity index (χ0v) is 11.7. The summed E-state index contributed by atoms with van der Waals surface area (Å²) in [6, 6.07) is 7.14. The highest BCUT2D eigenvalue weighted by Gasteiger charge is 2.15. The Morgan fingerprint density at radius 2 is 1.89 bits per heavy atom. The summed E-state index contributed by atoms with van der Waals surface area (Å²) in [5, 5.41) is 13.2. The Hall–Kier alpha value is -0.860. The number of aliphatic hydroxyl groups is 1. The van der Waals surface area contributed by atoms with Gasteiger partial charge in [-0.15, -0.1) is 0 Å². The molecular formula is C16H25NO. The maximum absolute atomic E-state index is 9.81. The fourth-order valence-electron chi connectivity index (χ4n) is 2.51. The normalized spacial score (nSPS) is 17.8. The topological polar surface area (TPSA) is 32.3 Å². The first-order valence-corrected chi connectivity index (χ1v) is 7.11. The SMILES string of the molecule is CC(NCC(O)C(C)C)c1ccc2c(c1)CCC2. The summed E-state index contributed by atoms with van der Waals surface area (Å²) in [7, 11) is 0. The van der Waals surface area contributed by atoms with E-state index in [-0.39, 0.29) is 6.10 Å². The standard InChI is InChI=1S/C16H25NO/c1-11(2)16(18)10-17-12(3)14-8-7-13-5-4-6-15(13)9-14/h7-9,11-12,16-18H,4-6,10H2,1-3H3. The Balaban J connectivity index is 1.95. The maximum atomic E-state index is 9.81. The van der Waals surface area contributed by atoms with Crippen LogP contribution in [0.5, 0.6) is 0 Å². The van der Waals surface area contributed by atoms with Crippen LogP contribution in [-0.2, 0) is 12.8 Å². The fourth-order valence-corrected chi connectivity index (χ4v) is 2.51. The maximum Gasteiger partial charge on any atom is 0.0687 e. The van der Waals surface area contributed by atoms with Gasteiger partial charge in [0.25, 0.3) is 0 Å². The minimum absolute atomic E-state index is 0.262. The van der Waals surface area contributed by atoms with Crippen molar-refractivity contribution in [2.75, 3.05) is 6.54 Å². The highest BCUT2D eigenvalue weighted by molar-refractivity contribution is 5.36. The van der Waals surface area contributed by atoms with Crippen molar-refractivity contribution in [1.29, 1.82) is 0 Å². The van der Waals surface area contributed by atoms with E-state index in [1.165, 1.54) is 36.0 Å². The molecule has 1 aromatic carbocycles. The number of nitrogens with one attached hydrogen (secondary N) is 1. The van der Waals surface area contributed by atoms with Gasteiger partial charge in [0.1, 0.15) is 0 Å². The Kier molecular flexibility index (Phi) is 4.41. The third-order valence-electron chi connectivity index (χ3n) is 4.03. The van der Waals surface area contributed by atoms with E-state index in [0.29, 0.717) is 18.5 Å². The van der Waals surface area contributed by atoms with Crippen LogP contribution in [0.3, 0.4) is 0 Å². The van der Waals surface area contributed by atoms with Gasteiger partial charge in [0.15, 0.2) is 0 Å². The van der Waals surface area contributed by atoms with Crippen molar-refractivity contribution in [2.24, 2.45) is 5.92 Å². The van der Waals surface area contributed by atoms with E-state index in [9.17, 15) is 5.11 Å². The average Bonchev–Trinajstić information content (AvgIpc) is 2.82. The highest BCUT2D eigenvalue weighted by Crippen LogP contribution is 2.25. The highest BCUT2D eigenvalue weighted by atomic mass is 16.3. The third-order valence-corrected chi connectivity index (χ3v) is 4.03. The first kappa shape index (κ1) is 13.6. The predicted octanol–water partition coefficient (Wildman–Crippen LogP) is 2.84. The molecule has 0 aromatic heterocycles. The van der Waals surface area contributed by atoms with Gasteiger partial charge < -0.3 is 10.4 Å². The quantitative estimate of drug-likeness (QED) is 0.838. The van der Waals surface area contributed by atoms with Crippen LogP contribution in [0.4, 0.5) is 0 Å². The zero-order valence-electron chi connectivity index (χ0n) is 11.7. The summed E-state index contributed by atoms with van der Waals surface area (Å²) in [6.07, 6.45) is 3.50. The summed E-state index contributed by atoms with van der Waals surface area (Å²) in [5.41, 5.74) is 4.38. The van der Waals surface area contributed by atoms with Crippen molar-refractivity contribution in [3.05, 3.63) is 34.9 Å². The van der Waals surface area contributed by atoms with Crippen molar-refractivity contribution in [3.63, 3.8) is 0 Å². The molecule has 1 aromatic rings. The van der Waals surface area contributed by atoms with E-state index < -0.39 is 0 Å². The van der Waals surface area contributed by atoms with Crippen LogP contribution in [0.1, 0.15) is 49.9 Å². The van der Waals surface area contributed by atoms with Gasteiger partial charge in [-0.25, -0.2) is 0 Å². The van der Waals surface area contributed by atoms with Crippen molar-refractivity contribution in [3.8, 4) is 0 Å². The van der Waals surface area contributed by atoms with Gasteiger partial charge in [0, 0.05) is 12.6 Å². The van der Waals surface area contributed by atoms with E-state index in [0.717, 1.165) is 0 Å². The Morgan fingerprint density at radius 3 is 2.61 bits per heavy atom. The predicted molar refractivity (Wildman–Crippen MR) is 75.7 cm³/mol. The first-order valence-electron chi connectivity index (χ1n) is 7.11. The molecule has 2 atom stereocenters. The van der Waals surface area contributed by atoms with Crippen LogP contribution in [0.25, 0.3) is 0 Å². The summed E-state index contributed by atoms with van der Waals surface area (Å²) >= 11 is 0. The molecule has 1 aliphatic rings. The second-order valence-corrected chi connectivity index (χ2v) is 5.82. The van der Waals surface area contributed by atoms with Crippen LogP contribution in [-0.4, -0.2) is 17.8 Å². The molecule has 0 amide bonds. The number of hydrogen-bond donors (Lipinski definition) is 2. The Bertz CT molecular complexity index is 400. The lowest BCUT2D eigenvalue weighted by Gasteiger charge is -2.20. The molecule has 2 heteroatoms. The molecular weight excluding hydrogens is 222 g/mol. The van der Waals surface area contributed by atoms with E-state index in [1.807, 2.05) is 13.8 Å².